The van der Waals surface area contributed by atoms with Crippen molar-refractivity contribution in [2.45, 2.75) is 39.8 Å². The van der Waals surface area contributed by atoms with Crippen LogP contribution < -0.4 is 15.0 Å². The predicted molar refractivity (Wildman–Crippen MR) is 108 cm³/mol. The molecule has 0 spiro atoms. The van der Waals surface area contributed by atoms with Crippen LogP contribution in [0, 0.1) is 6.92 Å². The molecular weight excluding hydrogens is 378 g/mol. The number of aryl methyl sites for hydroxylation is 1. The highest BCUT2D eigenvalue weighted by atomic mass is 35.5. The Morgan fingerprint density at radius 2 is 1.82 bits per heavy atom. The lowest BCUT2D eigenvalue weighted by Crippen LogP contribution is -2.36. The van der Waals surface area contributed by atoms with Crippen LogP contribution in [-0.2, 0) is 12.1 Å². The van der Waals surface area contributed by atoms with Crippen LogP contribution in [-0.4, -0.2) is 14.8 Å². The Morgan fingerprint density at radius 3 is 2.46 bits per heavy atom. The maximum Gasteiger partial charge on any atom is 0.289 e. The minimum absolute atomic E-state index is 0.0249. The molecule has 0 bridgehead atoms. The molecule has 0 aliphatic rings. The number of pyridine rings is 1. The van der Waals surface area contributed by atoms with Crippen molar-refractivity contribution < 1.29 is 9.47 Å². The van der Waals surface area contributed by atoms with Gasteiger partial charge in [0.25, 0.3) is 5.56 Å². The molecule has 7 heteroatoms. The molecule has 0 saturated carbocycles. The van der Waals surface area contributed by atoms with Crippen molar-refractivity contribution in [1.82, 2.24) is 14.8 Å². The Labute approximate surface area is 168 Å². The van der Waals surface area contributed by atoms with Gasteiger partial charge in [0.05, 0.1) is 17.4 Å². The van der Waals surface area contributed by atoms with Crippen LogP contribution >= 0.6 is 11.6 Å². The Bertz CT molecular complexity index is 1020. The second-order valence-electron chi connectivity index (χ2n) is 7.33. The van der Waals surface area contributed by atoms with E-state index < -0.39 is 5.54 Å². The lowest BCUT2D eigenvalue weighted by molar-refractivity contribution is 0.292. The normalized spacial score (nSPS) is 11.3. The van der Waals surface area contributed by atoms with Gasteiger partial charge in [-0.2, -0.15) is 5.10 Å². The standard InChI is InChI=1S/C21H22ClN3O3/c1-14-17(6-5-11-23-14)28-16-9-7-15(8-10-16)13-27-18-12-24-25(21(2,3)4)20(26)19(18)22/h5-12H,13H2,1-4H3. The third-order valence-electron chi connectivity index (χ3n) is 4.03. The highest BCUT2D eigenvalue weighted by Crippen LogP contribution is 2.25. The second kappa shape index (κ2) is 8.02. The van der Waals surface area contributed by atoms with Crippen LogP contribution in [0.2, 0.25) is 5.02 Å². The molecule has 146 valence electrons. The van der Waals surface area contributed by atoms with E-state index in [1.165, 1.54) is 10.9 Å². The van der Waals surface area contributed by atoms with Crippen molar-refractivity contribution in [3.05, 3.63) is 75.4 Å². The number of hydrogen-bond donors (Lipinski definition) is 0. The number of aromatic nitrogens is 3. The summed E-state index contributed by atoms with van der Waals surface area (Å²) in [7, 11) is 0. The van der Waals surface area contributed by atoms with E-state index in [4.69, 9.17) is 21.1 Å². The first-order valence-corrected chi connectivity index (χ1v) is 9.23. The highest BCUT2D eigenvalue weighted by Gasteiger charge is 2.20. The van der Waals surface area contributed by atoms with Crippen molar-refractivity contribution >= 4 is 11.6 Å². The van der Waals surface area contributed by atoms with Crippen LogP contribution in [0.5, 0.6) is 17.2 Å². The maximum atomic E-state index is 12.4. The molecule has 0 atom stereocenters. The molecule has 0 radical (unpaired) electrons. The Hall–Kier alpha value is -2.86. The minimum Gasteiger partial charge on any atom is -0.485 e. The summed E-state index contributed by atoms with van der Waals surface area (Å²) in [6.07, 6.45) is 3.19. The van der Waals surface area contributed by atoms with Gasteiger partial charge in [0, 0.05) is 6.20 Å². The number of rotatable bonds is 5. The third kappa shape index (κ3) is 4.51. The van der Waals surface area contributed by atoms with E-state index in [0.717, 1.165) is 11.3 Å². The smallest absolute Gasteiger partial charge is 0.289 e. The van der Waals surface area contributed by atoms with E-state index in [9.17, 15) is 4.79 Å². The van der Waals surface area contributed by atoms with Crippen LogP contribution in [0.4, 0.5) is 0 Å². The molecule has 0 fully saturated rings. The Morgan fingerprint density at radius 1 is 1.11 bits per heavy atom. The summed E-state index contributed by atoms with van der Waals surface area (Å²) in [5.41, 5.74) is 0.900. The fourth-order valence-electron chi connectivity index (χ4n) is 2.52. The van der Waals surface area contributed by atoms with Gasteiger partial charge in [-0.1, -0.05) is 23.7 Å². The summed E-state index contributed by atoms with van der Waals surface area (Å²) < 4.78 is 12.9. The molecule has 0 aliphatic heterocycles. The average molecular weight is 400 g/mol. The number of hydrogen-bond acceptors (Lipinski definition) is 5. The predicted octanol–water partition coefficient (Wildman–Crippen LogP) is 4.73. The Kier molecular flexibility index (Phi) is 5.70. The van der Waals surface area contributed by atoms with E-state index >= 15 is 0 Å². The maximum absolute atomic E-state index is 12.4. The fourth-order valence-corrected chi connectivity index (χ4v) is 2.70. The quantitative estimate of drug-likeness (QED) is 0.620. The number of nitrogens with zero attached hydrogens (tertiary/aromatic N) is 3. The highest BCUT2D eigenvalue weighted by molar-refractivity contribution is 6.31. The topological polar surface area (TPSA) is 66.2 Å². The zero-order chi connectivity index (χ0) is 20.3. The zero-order valence-corrected chi connectivity index (χ0v) is 17.0. The number of halogens is 1. The van der Waals surface area contributed by atoms with E-state index in [1.54, 1.807) is 6.20 Å². The molecule has 0 amide bonds. The summed E-state index contributed by atoms with van der Waals surface area (Å²) in [6.45, 7) is 7.80. The van der Waals surface area contributed by atoms with Gasteiger partial charge in [-0.05, 0) is 57.5 Å². The van der Waals surface area contributed by atoms with E-state index in [2.05, 4.69) is 10.1 Å². The minimum atomic E-state index is -0.457. The Balaban J connectivity index is 1.68. The molecule has 0 N–H and O–H groups in total. The first kappa shape index (κ1) is 19.9. The van der Waals surface area contributed by atoms with E-state index in [-0.39, 0.29) is 22.9 Å². The summed E-state index contributed by atoms with van der Waals surface area (Å²) in [5.74, 6) is 1.68. The van der Waals surface area contributed by atoms with Gasteiger partial charge >= 0.3 is 0 Å². The van der Waals surface area contributed by atoms with Gasteiger partial charge in [0.2, 0.25) is 0 Å². The van der Waals surface area contributed by atoms with Crippen molar-refractivity contribution in [2.75, 3.05) is 0 Å². The van der Waals surface area contributed by atoms with Gasteiger partial charge < -0.3 is 9.47 Å². The van der Waals surface area contributed by atoms with Crippen LogP contribution in [0.1, 0.15) is 32.0 Å². The molecule has 0 aliphatic carbocycles. The summed E-state index contributed by atoms with van der Waals surface area (Å²) in [6, 6.07) is 11.2. The molecule has 2 aromatic heterocycles. The van der Waals surface area contributed by atoms with Crippen LogP contribution in [0.3, 0.4) is 0 Å². The number of benzene rings is 1. The van der Waals surface area contributed by atoms with Gasteiger partial charge in [0.1, 0.15) is 18.1 Å². The molecular formula is C21H22ClN3O3. The van der Waals surface area contributed by atoms with Gasteiger partial charge in [-0.3, -0.25) is 9.78 Å². The van der Waals surface area contributed by atoms with Crippen molar-refractivity contribution in [3.8, 4) is 17.2 Å². The van der Waals surface area contributed by atoms with Crippen molar-refractivity contribution in [2.24, 2.45) is 0 Å². The van der Waals surface area contributed by atoms with Crippen molar-refractivity contribution in [1.29, 1.82) is 0 Å². The van der Waals surface area contributed by atoms with Crippen LogP contribution in [0.25, 0.3) is 0 Å². The molecule has 28 heavy (non-hydrogen) atoms. The summed E-state index contributed by atoms with van der Waals surface area (Å²) in [4.78, 5) is 16.6. The molecule has 2 heterocycles. The van der Waals surface area contributed by atoms with Crippen LogP contribution in [0.15, 0.2) is 53.6 Å². The van der Waals surface area contributed by atoms with Crippen molar-refractivity contribution in [3.63, 3.8) is 0 Å². The number of ether oxygens (including phenoxy) is 2. The lowest BCUT2D eigenvalue weighted by Gasteiger charge is -2.21. The molecule has 1 aromatic carbocycles. The molecule has 3 rings (SSSR count). The second-order valence-corrected chi connectivity index (χ2v) is 7.71. The summed E-state index contributed by atoms with van der Waals surface area (Å²) >= 11 is 6.18. The van der Waals surface area contributed by atoms with E-state index in [1.807, 2.05) is 64.1 Å². The monoisotopic (exact) mass is 399 g/mol. The van der Waals surface area contributed by atoms with Gasteiger partial charge in [-0.15, -0.1) is 0 Å². The molecule has 0 unspecified atom stereocenters. The van der Waals surface area contributed by atoms with E-state index in [0.29, 0.717) is 11.5 Å². The SMILES string of the molecule is Cc1ncccc1Oc1ccc(COc2cnn(C(C)(C)C)c(=O)c2Cl)cc1. The molecule has 3 aromatic rings. The molecule has 0 saturated heterocycles. The zero-order valence-electron chi connectivity index (χ0n) is 16.3. The molecule has 6 nitrogen and oxygen atoms in total. The largest absolute Gasteiger partial charge is 0.485 e. The van der Waals surface area contributed by atoms with Gasteiger partial charge in [0.15, 0.2) is 10.8 Å². The first-order valence-electron chi connectivity index (χ1n) is 8.85. The van der Waals surface area contributed by atoms with Gasteiger partial charge in [-0.25, -0.2) is 4.68 Å². The average Bonchev–Trinajstić information content (AvgIpc) is 2.65. The summed E-state index contributed by atoms with van der Waals surface area (Å²) in [5, 5.41) is 4.19. The third-order valence-corrected chi connectivity index (χ3v) is 4.37. The first-order chi connectivity index (χ1) is 13.3. The fraction of sp³-hybridized carbons (Fsp3) is 0.286. The lowest BCUT2D eigenvalue weighted by atomic mass is 10.1.